The standard InChI is InChI=1S/C17H15FO2/c18-16-11-14(6-4-5-9-19)10-15(12-16)13-20-17-7-2-1-3-8-17/h1-3,7-8,10-12,19H,5,9,13H2. The van der Waals surface area contributed by atoms with Gasteiger partial charge in [-0.05, 0) is 35.9 Å². The lowest BCUT2D eigenvalue weighted by molar-refractivity contribution is 0.305. The maximum atomic E-state index is 13.5. The summed E-state index contributed by atoms with van der Waals surface area (Å²) in [7, 11) is 0. The molecule has 0 bridgehead atoms. The quantitative estimate of drug-likeness (QED) is 0.865. The number of hydrogen-bond acceptors (Lipinski definition) is 2. The van der Waals surface area contributed by atoms with E-state index >= 15 is 0 Å². The largest absolute Gasteiger partial charge is 0.489 e. The molecule has 2 aromatic rings. The first-order valence-electron chi connectivity index (χ1n) is 6.35. The van der Waals surface area contributed by atoms with Crippen LogP contribution < -0.4 is 4.74 Å². The SMILES string of the molecule is OCCC#Cc1cc(F)cc(COc2ccccc2)c1. The first-order chi connectivity index (χ1) is 9.78. The molecule has 0 saturated heterocycles. The Morgan fingerprint density at radius 1 is 1.10 bits per heavy atom. The Morgan fingerprint density at radius 3 is 2.65 bits per heavy atom. The van der Waals surface area contributed by atoms with Gasteiger partial charge in [-0.3, -0.25) is 0 Å². The topological polar surface area (TPSA) is 29.5 Å². The lowest BCUT2D eigenvalue weighted by Gasteiger charge is -2.06. The van der Waals surface area contributed by atoms with E-state index in [9.17, 15) is 4.39 Å². The van der Waals surface area contributed by atoms with Crippen LogP contribution in [0.25, 0.3) is 0 Å². The van der Waals surface area contributed by atoms with Crippen LogP contribution in [0.3, 0.4) is 0 Å². The highest BCUT2D eigenvalue weighted by atomic mass is 19.1. The summed E-state index contributed by atoms with van der Waals surface area (Å²) in [5.74, 6) is 5.99. The summed E-state index contributed by atoms with van der Waals surface area (Å²) in [6.07, 6.45) is 0.381. The molecule has 0 saturated carbocycles. The van der Waals surface area contributed by atoms with E-state index in [4.69, 9.17) is 9.84 Å². The molecule has 20 heavy (non-hydrogen) atoms. The Bertz CT molecular complexity index is 612. The Hall–Kier alpha value is -2.31. The summed E-state index contributed by atoms with van der Waals surface area (Å²) in [5, 5.41) is 8.67. The minimum Gasteiger partial charge on any atom is -0.489 e. The summed E-state index contributed by atoms with van der Waals surface area (Å²) in [4.78, 5) is 0. The van der Waals surface area contributed by atoms with Gasteiger partial charge in [0.25, 0.3) is 0 Å². The number of para-hydroxylation sites is 1. The minimum atomic E-state index is -0.340. The van der Waals surface area contributed by atoms with Gasteiger partial charge in [-0.15, -0.1) is 0 Å². The zero-order chi connectivity index (χ0) is 14.2. The van der Waals surface area contributed by atoms with Crippen LogP contribution in [0.5, 0.6) is 5.75 Å². The number of hydrogen-bond donors (Lipinski definition) is 1. The number of rotatable bonds is 4. The molecule has 0 aliphatic heterocycles. The molecule has 0 spiro atoms. The highest BCUT2D eigenvalue weighted by Gasteiger charge is 2.01. The number of aliphatic hydroxyl groups is 1. The normalized spacial score (nSPS) is 9.70. The van der Waals surface area contributed by atoms with E-state index in [1.165, 1.54) is 12.1 Å². The van der Waals surface area contributed by atoms with Crippen LogP contribution >= 0.6 is 0 Å². The molecule has 2 nitrogen and oxygen atoms in total. The molecular weight excluding hydrogens is 255 g/mol. The van der Waals surface area contributed by atoms with Crippen molar-refractivity contribution in [1.82, 2.24) is 0 Å². The van der Waals surface area contributed by atoms with Gasteiger partial charge in [0.05, 0.1) is 6.61 Å². The fourth-order valence-electron chi connectivity index (χ4n) is 1.71. The van der Waals surface area contributed by atoms with E-state index in [1.54, 1.807) is 6.07 Å². The summed E-state index contributed by atoms with van der Waals surface area (Å²) < 4.78 is 19.1. The fraction of sp³-hybridized carbons (Fsp3) is 0.176. The summed E-state index contributed by atoms with van der Waals surface area (Å²) >= 11 is 0. The maximum absolute atomic E-state index is 13.5. The van der Waals surface area contributed by atoms with Crippen molar-refractivity contribution in [3.05, 3.63) is 65.5 Å². The van der Waals surface area contributed by atoms with E-state index in [-0.39, 0.29) is 19.0 Å². The zero-order valence-electron chi connectivity index (χ0n) is 11.0. The second-order valence-electron chi connectivity index (χ2n) is 4.23. The zero-order valence-corrected chi connectivity index (χ0v) is 11.0. The number of ether oxygens (including phenoxy) is 1. The van der Waals surface area contributed by atoms with Gasteiger partial charge in [-0.1, -0.05) is 30.0 Å². The van der Waals surface area contributed by atoms with Gasteiger partial charge < -0.3 is 9.84 Å². The van der Waals surface area contributed by atoms with Crippen molar-refractivity contribution in [3.63, 3.8) is 0 Å². The lowest BCUT2D eigenvalue weighted by atomic mass is 10.1. The summed E-state index contributed by atoms with van der Waals surface area (Å²) in [6, 6.07) is 14.0. The highest BCUT2D eigenvalue weighted by molar-refractivity contribution is 5.37. The lowest BCUT2D eigenvalue weighted by Crippen LogP contribution is -1.97. The third-order valence-electron chi connectivity index (χ3n) is 2.58. The molecule has 0 fully saturated rings. The predicted octanol–water partition coefficient (Wildman–Crippen LogP) is 3.14. The van der Waals surface area contributed by atoms with E-state index < -0.39 is 0 Å². The smallest absolute Gasteiger partial charge is 0.124 e. The van der Waals surface area contributed by atoms with E-state index in [1.807, 2.05) is 30.3 Å². The Kier molecular flexibility index (Phi) is 5.16. The molecular formula is C17H15FO2. The van der Waals surface area contributed by atoms with Crippen LogP contribution in [-0.2, 0) is 6.61 Å². The maximum Gasteiger partial charge on any atom is 0.124 e. The van der Waals surface area contributed by atoms with E-state index in [0.717, 1.165) is 11.3 Å². The second-order valence-corrected chi connectivity index (χ2v) is 4.23. The molecule has 0 heterocycles. The molecule has 1 N–H and O–H groups in total. The third-order valence-corrected chi connectivity index (χ3v) is 2.58. The average molecular weight is 270 g/mol. The molecule has 0 amide bonds. The summed E-state index contributed by atoms with van der Waals surface area (Å²) in [5.41, 5.74) is 1.31. The van der Waals surface area contributed by atoms with Crippen molar-refractivity contribution < 1.29 is 14.2 Å². The van der Waals surface area contributed by atoms with Crippen molar-refractivity contribution in [2.45, 2.75) is 13.0 Å². The highest BCUT2D eigenvalue weighted by Crippen LogP contribution is 2.14. The number of aliphatic hydroxyl groups excluding tert-OH is 1. The van der Waals surface area contributed by atoms with E-state index in [0.29, 0.717) is 12.0 Å². The van der Waals surface area contributed by atoms with Crippen molar-refractivity contribution in [3.8, 4) is 17.6 Å². The van der Waals surface area contributed by atoms with Crippen LogP contribution in [0.15, 0.2) is 48.5 Å². The fourth-order valence-corrected chi connectivity index (χ4v) is 1.71. The second kappa shape index (κ2) is 7.32. The first-order valence-corrected chi connectivity index (χ1v) is 6.35. The molecule has 2 aromatic carbocycles. The average Bonchev–Trinajstić information content (AvgIpc) is 2.46. The Labute approximate surface area is 117 Å². The minimum absolute atomic E-state index is 0.00624. The first kappa shape index (κ1) is 14.1. The Balaban J connectivity index is 2.06. The Morgan fingerprint density at radius 2 is 1.90 bits per heavy atom. The molecule has 0 aromatic heterocycles. The van der Waals surface area contributed by atoms with Crippen LogP contribution in [0.1, 0.15) is 17.5 Å². The van der Waals surface area contributed by atoms with Crippen LogP contribution in [0.2, 0.25) is 0 Å². The van der Waals surface area contributed by atoms with E-state index in [2.05, 4.69) is 11.8 Å². The van der Waals surface area contributed by atoms with Crippen LogP contribution in [-0.4, -0.2) is 11.7 Å². The predicted molar refractivity (Wildman–Crippen MR) is 75.8 cm³/mol. The van der Waals surface area contributed by atoms with Crippen LogP contribution in [0, 0.1) is 17.7 Å². The molecule has 3 heteroatoms. The van der Waals surface area contributed by atoms with Crippen LogP contribution in [0.4, 0.5) is 4.39 Å². The van der Waals surface area contributed by atoms with Gasteiger partial charge in [0.15, 0.2) is 0 Å². The third kappa shape index (κ3) is 4.42. The molecule has 0 aliphatic carbocycles. The molecule has 2 rings (SSSR count). The monoisotopic (exact) mass is 270 g/mol. The van der Waals surface area contributed by atoms with Crippen molar-refractivity contribution in [2.24, 2.45) is 0 Å². The summed E-state index contributed by atoms with van der Waals surface area (Å²) in [6.45, 7) is 0.294. The van der Waals surface area contributed by atoms with Gasteiger partial charge in [0, 0.05) is 12.0 Å². The molecule has 0 aliphatic rings. The van der Waals surface area contributed by atoms with Crippen molar-refractivity contribution >= 4 is 0 Å². The number of halogens is 1. The van der Waals surface area contributed by atoms with Crippen molar-refractivity contribution in [2.75, 3.05) is 6.61 Å². The molecule has 0 radical (unpaired) electrons. The van der Waals surface area contributed by atoms with Gasteiger partial charge in [0.1, 0.15) is 18.2 Å². The number of benzene rings is 2. The molecule has 0 unspecified atom stereocenters. The van der Waals surface area contributed by atoms with Gasteiger partial charge >= 0.3 is 0 Å². The van der Waals surface area contributed by atoms with Crippen molar-refractivity contribution in [1.29, 1.82) is 0 Å². The van der Waals surface area contributed by atoms with Gasteiger partial charge in [-0.2, -0.15) is 0 Å². The van der Waals surface area contributed by atoms with Gasteiger partial charge in [0.2, 0.25) is 0 Å². The molecule has 0 atom stereocenters. The van der Waals surface area contributed by atoms with Gasteiger partial charge in [-0.25, -0.2) is 4.39 Å². The molecule has 102 valence electrons.